The fourth-order valence-electron chi connectivity index (χ4n) is 2.62. The molecule has 29 heavy (non-hydrogen) atoms. The lowest BCUT2D eigenvalue weighted by Crippen LogP contribution is -2.15. The number of allylic oxidation sites excluding steroid dienone is 1. The van der Waals surface area contributed by atoms with Gasteiger partial charge in [-0.05, 0) is 24.3 Å². The average molecular weight is 429 g/mol. The molecule has 3 aromatic rings. The zero-order chi connectivity index (χ0) is 20.8. The third-order valence-corrected chi connectivity index (χ3v) is 5.28. The molecule has 0 aliphatic rings. The lowest BCUT2D eigenvalue weighted by Gasteiger charge is -2.14. The van der Waals surface area contributed by atoms with Crippen LogP contribution >= 0.6 is 23.4 Å². The highest BCUT2D eigenvalue weighted by Gasteiger charge is 2.16. The Morgan fingerprint density at radius 1 is 1.31 bits per heavy atom. The van der Waals surface area contributed by atoms with Gasteiger partial charge in [-0.2, -0.15) is 0 Å². The van der Waals surface area contributed by atoms with Gasteiger partial charge in [0.05, 0.1) is 11.4 Å². The van der Waals surface area contributed by atoms with Crippen LogP contribution in [-0.2, 0) is 11.3 Å². The fourth-order valence-corrected chi connectivity index (χ4v) is 3.54. The summed E-state index contributed by atoms with van der Waals surface area (Å²) in [4.78, 5) is 18.3. The molecule has 0 fully saturated rings. The number of carbonyl (C=O) groups is 1. The van der Waals surface area contributed by atoms with Crippen molar-refractivity contribution in [3.8, 4) is 11.4 Å². The molecular weight excluding hydrogens is 408 g/mol. The molecule has 0 spiro atoms. The van der Waals surface area contributed by atoms with Gasteiger partial charge >= 0.3 is 0 Å². The SMILES string of the molecule is C=CCn1c(SCC(=O)Nc2cccnc2Cl)nnc1-c1cccc(N(C)C)c1. The minimum Gasteiger partial charge on any atom is -0.378 e. The van der Waals surface area contributed by atoms with E-state index >= 15 is 0 Å². The predicted molar refractivity (Wildman–Crippen MR) is 119 cm³/mol. The molecule has 9 heteroatoms. The van der Waals surface area contributed by atoms with Crippen molar-refractivity contribution in [3.63, 3.8) is 0 Å². The summed E-state index contributed by atoms with van der Waals surface area (Å²) in [6.45, 7) is 4.36. The van der Waals surface area contributed by atoms with E-state index in [9.17, 15) is 4.79 Å². The van der Waals surface area contributed by atoms with Gasteiger partial charge in [-0.3, -0.25) is 9.36 Å². The standard InChI is InChI=1S/C20H21ClN6OS/c1-4-11-27-19(14-7-5-8-15(12-14)26(2)3)24-25-20(27)29-13-17(28)23-16-9-6-10-22-18(16)21/h4-10,12H,1,11,13H2,2-3H3,(H,23,28). The van der Waals surface area contributed by atoms with Crippen LogP contribution in [0.2, 0.25) is 5.15 Å². The number of thioether (sulfide) groups is 1. The van der Waals surface area contributed by atoms with Crippen LogP contribution in [0.15, 0.2) is 60.4 Å². The number of pyridine rings is 1. The van der Waals surface area contributed by atoms with Gasteiger partial charge < -0.3 is 10.2 Å². The van der Waals surface area contributed by atoms with Crippen LogP contribution in [0.1, 0.15) is 0 Å². The highest BCUT2D eigenvalue weighted by Crippen LogP contribution is 2.27. The second kappa shape index (κ2) is 9.58. The van der Waals surface area contributed by atoms with E-state index in [4.69, 9.17) is 11.6 Å². The van der Waals surface area contributed by atoms with Crippen LogP contribution in [0.3, 0.4) is 0 Å². The molecule has 0 aliphatic carbocycles. The van der Waals surface area contributed by atoms with Crippen molar-refractivity contribution >= 4 is 40.6 Å². The van der Waals surface area contributed by atoms with E-state index in [0.717, 1.165) is 17.1 Å². The normalized spacial score (nSPS) is 10.6. The molecule has 1 N–H and O–H groups in total. The van der Waals surface area contributed by atoms with Gasteiger partial charge in [-0.1, -0.05) is 41.6 Å². The summed E-state index contributed by atoms with van der Waals surface area (Å²) in [5.74, 6) is 0.694. The van der Waals surface area contributed by atoms with Crippen molar-refractivity contribution in [2.75, 3.05) is 30.1 Å². The molecule has 0 unspecified atom stereocenters. The molecule has 0 aliphatic heterocycles. The van der Waals surface area contributed by atoms with Crippen LogP contribution in [0.25, 0.3) is 11.4 Å². The number of nitrogens with one attached hydrogen (secondary N) is 1. The van der Waals surface area contributed by atoms with Gasteiger partial charge in [0.2, 0.25) is 5.91 Å². The van der Waals surface area contributed by atoms with Crippen molar-refractivity contribution in [1.29, 1.82) is 0 Å². The van der Waals surface area contributed by atoms with E-state index < -0.39 is 0 Å². The quantitative estimate of drug-likeness (QED) is 0.332. The minimum atomic E-state index is -0.200. The predicted octanol–water partition coefficient (Wildman–Crippen LogP) is 3.98. The number of nitrogens with zero attached hydrogens (tertiary/aromatic N) is 5. The van der Waals surface area contributed by atoms with Gasteiger partial charge in [0.1, 0.15) is 0 Å². The highest BCUT2D eigenvalue weighted by atomic mass is 35.5. The summed E-state index contributed by atoms with van der Waals surface area (Å²) in [5, 5.41) is 12.3. The van der Waals surface area contributed by atoms with E-state index in [2.05, 4.69) is 33.1 Å². The fraction of sp³-hybridized carbons (Fsp3) is 0.200. The Morgan fingerprint density at radius 2 is 2.14 bits per heavy atom. The average Bonchev–Trinajstić information content (AvgIpc) is 3.11. The Kier molecular flexibility index (Phi) is 6.90. The Morgan fingerprint density at radius 3 is 2.86 bits per heavy atom. The van der Waals surface area contributed by atoms with E-state index in [1.807, 2.05) is 41.8 Å². The molecule has 2 aromatic heterocycles. The first-order valence-corrected chi connectivity index (χ1v) is 10.2. The van der Waals surface area contributed by atoms with Crippen molar-refractivity contribution in [2.45, 2.75) is 11.7 Å². The molecule has 3 rings (SSSR count). The number of hydrogen-bond donors (Lipinski definition) is 1. The second-order valence-electron chi connectivity index (χ2n) is 6.33. The van der Waals surface area contributed by atoms with Crippen molar-refractivity contribution in [2.24, 2.45) is 0 Å². The summed E-state index contributed by atoms with van der Waals surface area (Å²) in [7, 11) is 3.98. The maximum absolute atomic E-state index is 12.3. The summed E-state index contributed by atoms with van der Waals surface area (Å²) in [6.07, 6.45) is 3.35. The Labute approximate surface area is 178 Å². The van der Waals surface area contributed by atoms with Crippen molar-refractivity contribution in [1.82, 2.24) is 19.7 Å². The molecule has 1 amide bonds. The maximum Gasteiger partial charge on any atom is 0.234 e. The largest absolute Gasteiger partial charge is 0.378 e. The Bertz CT molecular complexity index is 1020. The number of carbonyl (C=O) groups excluding carboxylic acids is 1. The molecule has 1 aromatic carbocycles. The Hall–Kier alpha value is -2.84. The maximum atomic E-state index is 12.3. The Balaban J connectivity index is 1.76. The number of amides is 1. The topological polar surface area (TPSA) is 75.9 Å². The van der Waals surface area contributed by atoms with E-state index in [0.29, 0.717) is 17.4 Å². The zero-order valence-corrected chi connectivity index (χ0v) is 17.7. The summed E-state index contributed by atoms with van der Waals surface area (Å²) >= 11 is 7.29. The molecule has 0 radical (unpaired) electrons. The number of anilines is 2. The highest BCUT2D eigenvalue weighted by molar-refractivity contribution is 7.99. The monoisotopic (exact) mass is 428 g/mol. The molecule has 0 saturated heterocycles. The van der Waals surface area contributed by atoms with E-state index in [1.54, 1.807) is 24.4 Å². The number of aromatic nitrogens is 4. The summed E-state index contributed by atoms with van der Waals surface area (Å²) in [6, 6.07) is 11.5. The first-order chi connectivity index (χ1) is 14.0. The summed E-state index contributed by atoms with van der Waals surface area (Å²) < 4.78 is 1.94. The van der Waals surface area contributed by atoms with Crippen molar-refractivity contribution < 1.29 is 4.79 Å². The van der Waals surface area contributed by atoms with Gasteiger partial charge in [0.15, 0.2) is 16.1 Å². The lowest BCUT2D eigenvalue weighted by molar-refractivity contribution is -0.113. The van der Waals surface area contributed by atoms with Crippen LogP contribution in [0, 0.1) is 0 Å². The third-order valence-electron chi connectivity index (χ3n) is 4.01. The molecule has 7 nitrogen and oxygen atoms in total. The van der Waals surface area contributed by atoms with Gasteiger partial charge in [-0.25, -0.2) is 4.98 Å². The molecule has 150 valence electrons. The first kappa shape index (κ1) is 20.9. The lowest BCUT2D eigenvalue weighted by atomic mass is 10.2. The molecule has 0 saturated carbocycles. The van der Waals surface area contributed by atoms with E-state index in [-0.39, 0.29) is 16.8 Å². The second-order valence-corrected chi connectivity index (χ2v) is 7.63. The number of halogens is 1. The van der Waals surface area contributed by atoms with Crippen LogP contribution in [0.5, 0.6) is 0 Å². The van der Waals surface area contributed by atoms with Gasteiger partial charge in [-0.15, -0.1) is 16.8 Å². The minimum absolute atomic E-state index is 0.165. The third kappa shape index (κ3) is 5.16. The number of benzene rings is 1. The number of rotatable bonds is 8. The summed E-state index contributed by atoms with van der Waals surface area (Å²) in [5.41, 5.74) is 2.50. The smallest absolute Gasteiger partial charge is 0.234 e. The molecule has 2 heterocycles. The first-order valence-electron chi connectivity index (χ1n) is 8.84. The van der Waals surface area contributed by atoms with E-state index in [1.165, 1.54) is 11.8 Å². The van der Waals surface area contributed by atoms with Crippen LogP contribution < -0.4 is 10.2 Å². The van der Waals surface area contributed by atoms with Crippen LogP contribution in [0.4, 0.5) is 11.4 Å². The zero-order valence-electron chi connectivity index (χ0n) is 16.2. The molecular formula is C20H21ClN6OS. The number of hydrogen-bond acceptors (Lipinski definition) is 6. The van der Waals surface area contributed by atoms with Crippen LogP contribution in [-0.4, -0.2) is 45.5 Å². The van der Waals surface area contributed by atoms with Gasteiger partial charge in [0, 0.05) is 38.1 Å². The van der Waals surface area contributed by atoms with Gasteiger partial charge in [0.25, 0.3) is 0 Å². The van der Waals surface area contributed by atoms with Crippen molar-refractivity contribution in [3.05, 3.63) is 60.4 Å². The molecule has 0 bridgehead atoms. The molecule has 0 atom stereocenters.